The Morgan fingerprint density at radius 3 is 2.77 bits per heavy atom. The van der Waals surface area contributed by atoms with Crippen LogP contribution in [0.4, 0.5) is 10.9 Å². The number of aromatic nitrogens is 5. The lowest BCUT2D eigenvalue weighted by Crippen LogP contribution is -2.36. The van der Waals surface area contributed by atoms with Crippen LogP contribution in [-0.4, -0.2) is 53.5 Å². The van der Waals surface area contributed by atoms with Gasteiger partial charge < -0.3 is 24.7 Å². The van der Waals surface area contributed by atoms with E-state index >= 15 is 0 Å². The molecule has 1 aliphatic heterocycles. The van der Waals surface area contributed by atoms with E-state index in [1.54, 1.807) is 11.3 Å². The molecule has 2 aliphatic carbocycles. The van der Waals surface area contributed by atoms with Crippen molar-refractivity contribution in [1.29, 1.82) is 0 Å². The lowest BCUT2D eigenvalue weighted by molar-refractivity contribution is -0.131. The van der Waals surface area contributed by atoms with E-state index in [1.165, 1.54) is 10.6 Å². The number of aryl methyl sites for hydroxylation is 2. The molecule has 35 heavy (non-hydrogen) atoms. The third kappa shape index (κ3) is 3.61. The van der Waals surface area contributed by atoms with E-state index in [2.05, 4.69) is 38.1 Å². The number of hydrogen-bond acceptors (Lipinski definition) is 7. The molecule has 0 bridgehead atoms. The molecule has 0 atom stereocenters. The van der Waals surface area contributed by atoms with Gasteiger partial charge in [0.2, 0.25) is 5.91 Å². The lowest BCUT2D eigenvalue weighted by Gasteiger charge is -2.22. The number of thiazole rings is 1. The van der Waals surface area contributed by atoms with Crippen molar-refractivity contribution in [3.8, 4) is 0 Å². The Balaban J connectivity index is 1.29. The molecule has 3 aliphatic rings. The van der Waals surface area contributed by atoms with Gasteiger partial charge in [-0.1, -0.05) is 0 Å². The van der Waals surface area contributed by atoms with Gasteiger partial charge >= 0.3 is 0 Å². The largest absolute Gasteiger partial charge is 0.336 e. The van der Waals surface area contributed by atoms with E-state index in [9.17, 15) is 4.79 Å². The summed E-state index contributed by atoms with van der Waals surface area (Å²) in [6, 6.07) is 3.08. The smallest absolute Gasteiger partial charge is 0.229 e. The van der Waals surface area contributed by atoms with Crippen LogP contribution in [-0.2, 0) is 37.8 Å². The Labute approximate surface area is 207 Å². The molecule has 0 saturated heterocycles. The molecule has 9 nitrogen and oxygen atoms in total. The first-order valence-corrected chi connectivity index (χ1v) is 13.5. The van der Waals surface area contributed by atoms with Gasteiger partial charge in [-0.05, 0) is 38.7 Å². The van der Waals surface area contributed by atoms with Crippen molar-refractivity contribution in [3.05, 3.63) is 28.7 Å². The summed E-state index contributed by atoms with van der Waals surface area (Å²) in [6.07, 6.45) is 7.83. The molecule has 2 N–H and O–H groups in total. The minimum absolute atomic E-state index is 0.258. The second kappa shape index (κ2) is 8.03. The molecule has 4 aromatic rings. The van der Waals surface area contributed by atoms with Crippen molar-refractivity contribution >= 4 is 50.3 Å². The van der Waals surface area contributed by atoms with Gasteiger partial charge in [0, 0.05) is 61.1 Å². The standard InChI is InChI=1S/C25H30N8OS/c1-3-32-16(11-20(34)33(14-4-5-14)15-6-7-15)10-17-22-21(27-13-31(22)2)23(29-24(17)32)30-25-28-18-8-9-26-12-19(18)35-25/h10,13-15,26H,3-9,11-12H2,1-2H3,(H,28,29,30). The second-order valence-electron chi connectivity index (χ2n) is 10.0. The van der Waals surface area contributed by atoms with Gasteiger partial charge in [0.15, 0.2) is 10.9 Å². The summed E-state index contributed by atoms with van der Waals surface area (Å²) in [5, 5.41) is 8.79. The second-order valence-corrected chi connectivity index (χ2v) is 11.1. The molecule has 1 amide bonds. The number of carbonyl (C=O) groups excluding carboxylic acids is 1. The summed E-state index contributed by atoms with van der Waals surface area (Å²) in [4.78, 5) is 31.4. The van der Waals surface area contributed by atoms with E-state index < -0.39 is 0 Å². The number of pyridine rings is 1. The quantitative estimate of drug-likeness (QED) is 0.412. The average molecular weight is 491 g/mol. The van der Waals surface area contributed by atoms with Gasteiger partial charge in [-0.25, -0.2) is 15.0 Å². The summed E-state index contributed by atoms with van der Waals surface area (Å²) in [5.74, 6) is 0.976. The highest BCUT2D eigenvalue weighted by Crippen LogP contribution is 2.38. The molecule has 2 saturated carbocycles. The van der Waals surface area contributed by atoms with Crippen molar-refractivity contribution in [2.24, 2.45) is 7.05 Å². The molecule has 5 heterocycles. The minimum Gasteiger partial charge on any atom is -0.336 e. The van der Waals surface area contributed by atoms with E-state index in [-0.39, 0.29) is 5.91 Å². The Hall–Kier alpha value is -2.98. The number of amides is 1. The summed E-state index contributed by atoms with van der Waals surface area (Å²) in [5.41, 5.74) is 4.95. The number of rotatable bonds is 7. The normalized spacial score (nSPS) is 17.8. The van der Waals surface area contributed by atoms with Crippen LogP contribution in [0.3, 0.4) is 0 Å². The molecule has 10 heteroatoms. The molecule has 4 aromatic heterocycles. The minimum atomic E-state index is 0.258. The van der Waals surface area contributed by atoms with Crippen LogP contribution in [0.1, 0.15) is 48.9 Å². The first kappa shape index (κ1) is 21.3. The van der Waals surface area contributed by atoms with Gasteiger partial charge in [0.25, 0.3) is 0 Å². The SMILES string of the molecule is CCn1c(CC(=O)N(C2CC2)C2CC2)cc2c3c(ncn3C)c(Nc3nc4c(s3)CNCC4)nc21. The van der Waals surface area contributed by atoms with Gasteiger partial charge in [-0.2, -0.15) is 0 Å². The van der Waals surface area contributed by atoms with Crippen LogP contribution >= 0.6 is 11.3 Å². The van der Waals surface area contributed by atoms with Crippen LogP contribution in [0.15, 0.2) is 12.4 Å². The molecule has 7 rings (SSSR count). The third-order valence-corrected chi connectivity index (χ3v) is 8.45. The summed E-state index contributed by atoms with van der Waals surface area (Å²) < 4.78 is 4.24. The van der Waals surface area contributed by atoms with Crippen LogP contribution in [0.5, 0.6) is 0 Å². The van der Waals surface area contributed by atoms with Crippen molar-refractivity contribution < 1.29 is 4.79 Å². The molecule has 0 spiro atoms. The van der Waals surface area contributed by atoms with E-state index in [1.807, 2.05) is 17.9 Å². The van der Waals surface area contributed by atoms with Crippen molar-refractivity contribution in [1.82, 2.24) is 34.3 Å². The van der Waals surface area contributed by atoms with E-state index in [0.29, 0.717) is 18.5 Å². The molecule has 2 fully saturated rings. The highest BCUT2D eigenvalue weighted by atomic mass is 32.1. The van der Waals surface area contributed by atoms with Crippen molar-refractivity contribution in [2.45, 2.75) is 70.6 Å². The number of anilines is 2. The van der Waals surface area contributed by atoms with Gasteiger partial charge in [-0.3, -0.25) is 4.79 Å². The van der Waals surface area contributed by atoms with Crippen LogP contribution < -0.4 is 10.6 Å². The zero-order chi connectivity index (χ0) is 23.7. The summed E-state index contributed by atoms with van der Waals surface area (Å²) in [7, 11) is 2.02. The average Bonchev–Trinajstić information content (AvgIpc) is 3.75. The van der Waals surface area contributed by atoms with Crippen molar-refractivity contribution in [3.63, 3.8) is 0 Å². The molecule has 0 radical (unpaired) electrons. The molecule has 0 aromatic carbocycles. The molecule has 0 unspecified atom stereocenters. The number of imidazole rings is 1. The van der Waals surface area contributed by atoms with Crippen molar-refractivity contribution in [2.75, 3.05) is 11.9 Å². The van der Waals surface area contributed by atoms with Gasteiger partial charge in [-0.15, -0.1) is 11.3 Å². The highest BCUT2D eigenvalue weighted by Gasteiger charge is 2.42. The number of fused-ring (bicyclic) bond motifs is 4. The predicted molar refractivity (Wildman–Crippen MR) is 137 cm³/mol. The fourth-order valence-corrected chi connectivity index (χ4v) is 6.47. The Morgan fingerprint density at radius 2 is 2.06 bits per heavy atom. The first-order chi connectivity index (χ1) is 17.1. The van der Waals surface area contributed by atoms with Gasteiger partial charge in [0.05, 0.1) is 24.0 Å². The summed E-state index contributed by atoms with van der Waals surface area (Å²) in [6.45, 7) is 4.72. The maximum absolute atomic E-state index is 13.4. The first-order valence-electron chi connectivity index (χ1n) is 12.7. The van der Waals surface area contributed by atoms with Crippen LogP contribution in [0, 0.1) is 0 Å². The summed E-state index contributed by atoms with van der Waals surface area (Å²) >= 11 is 1.68. The number of nitrogens with one attached hydrogen (secondary N) is 2. The maximum atomic E-state index is 13.4. The van der Waals surface area contributed by atoms with E-state index in [0.717, 1.165) is 90.4 Å². The zero-order valence-corrected chi connectivity index (χ0v) is 21.0. The molecule has 182 valence electrons. The zero-order valence-electron chi connectivity index (χ0n) is 20.2. The third-order valence-electron chi connectivity index (χ3n) is 7.43. The maximum Gasteiger partial charge on any atom is 0.229 e. The predicted octanol–water partition coefficient (Wildman–Crippen LogP) is 3.48. The fourth-order valence-electron chi connectivity index (χ4n) is 5.49. The number of hydrogen-bond donors (Lipinski definition) is 2. The molecular formula is C25H30N8OS. The Bertz CT molecular complexity index is 1420. The highest BCUT2D eigenvalue weighted by molar-refractivity contribution is 7.15. The number of carbonyl (C=O) groups is 1. The monoisotopic (exact) mass is 490 g/mol. The number of nitrogens with zero attached hydrogens (tertiary/aromatic N) is 6. The van der Waals surface area contributed by atoms with Crippen LogP contribution in [0.2, 0.25) is 0 Å². The van der Waals surface area contributed by atoms with Gasteiger partial charge in [0.1, 0.15) is 11.2 Å². The van der Waals surface area contributed by atoms with E-state index in [4.69, 9.17) is 9.97 Å². The van der Waals surface area contributed by atoms with Crippen LogP contribution in [0.25, 0.3) is 22.1 Å². The molecular weight excluding hydrogens is 460 g/mol. The Morgan fingerprint density at radius 1 is 1.26 bits per heavy atom. The lowest BCUT2D eigenvalue weighted by atomic mass is 10.2. The fraction of sp³-hybridized carbons (Fsp3) is 0.520. The Kier molecular flexibility index (Phi) is 4.89. The topological polar surface area (TPSA) is 92.9 Å².